The van der Waals surface area contributed by atoms with Gasteiger partial charge in [0.15, 0.2) is 5.11 Å². The van der Waals surface area contributed by atoms with Crippen molar-refractivity contribution in [3.8, 4) is 5.69 Å². The smallest absolute Gasteiger partial charge is 0.174 e. The van der Waals surface area contributed by atoms with Crippen LogP contribution in [0, 0.1) is 13.8 Å². The maximum atomic E-state index is 5.96. The van der Waals surface area contributed by atoms with E-state index in [2.05, 4.69) is 114 Å². The van der Waals surface area contributed by atoms with Crippen molar-refractivity contribution in [3.63, 3.8) is 0 Å². The first-order valence-electron chi connectivity index (χ1n) is 12.8. The second-order valence-corrected chi connectivity index (χ2v) is 10.1. The molecule has 4 nitrogen and oxygen atoms in total. The third-order valence-corrected chi connectivity index (χ3v) is 7.83. The van der Waals surface area contributed by atoms with E-state index in [9.17, 15) is 0 Å². The van der Waals surface area contributed by atoms with Gasteiger partial charge in [0.2, 0.25) is 0 Å². The Bertz CT molecular complexity index is 1580. The molecule has 3 aromatic carbocycles. The molecule has 2 aromatic heterocycles. The fourth-order valence-electron chi connectivity index (χ4n) is 5.70. The van der Waals surface area contributed by atoms with E-state index in [0.29, 0.717) is 0 Å². The molecular weight excluding hydrogens is 472 g/mol. The SMILES string of the molecule is CCc1ccc(N2C(=S)N[C@H](c3ccccn3)[C@H]2c2cc(C)n(-c3cccc4ccccc34)c2C)cc1. The second kappa shape index (κ2) is 9.49. The Morgan fingerprint density at radius 3 is 2.41 bits per heavy atom. The van der Waals surface area contributed by atoms with Gasteiger partial charge in [-0.3, -0.25) is 4.98 Å². The van der Waals surface area contributed by atoms with E-state index in [0.717, 1.165) is 22.9 Å². The van der Waals surface area contributed by atoms with E-state index < -0.39 is 0 Å². The van der Waals surface area contributed by atoms with Gasteiger partial charge in [-0.1, -0.05) is 61.5 Å². The average Bonchev–Trinajstić information content (AvgIpc) is 3.43. The van der Waals surface area contributed by atoms with Crippen LogP contribution in [0.15, 0.2) is 97.2 Å². The Labute approximate surface area is 223 Å². The number of benzene rings is 3. The number of thiocarbonyl (C=S) groups is 1. The van der Waals surface area contributed by atoms with Crippen LogP contribution in [-0.2, 0) is 6.42 Å². The summed E-state index contributed by atoms with van der Waals surface area (Å²) in [7, 11) is 0. The van der Waals surface area contributed by atoms with E-state index in [-0.39, 0.29) is 12.1 Å². The van der Waals surface area contributed by atoms with Crippen LogP contribution in [0.3, 0.4) is 0 Å². The van der Waals surface area contributed by atoms with E-state index in [1.54, 1.807) is 0 Å². The first-order chi connectivity index (χ1) is 18.1. The van der Waals surface area contributed by atoms with Crippen LogP contribution in [0.2, 0.25) is 0 Å². The number of pyridine rings is 1. The molecule has 6 rings (SSSR count). The molecule has 1 N–H and O–H groups in total. The lowest BCUT2D eigenvalue weighted by molar-refractivity contribution is 0.565. The molecule has 0 unspecified atom stereocenters. The monoisotopic (exact) mass is 502 g/mol. The van der Waals surface area contributed by atoms with Gasteiger partial charge in [0.05, 0.1) is 23.5 Å². The molecule has 5 heteroatoms. The summed E-state index contributed by atoms with van der Waals surface area (Å²) >= 11 is 5.96. The van der Waals surface area contributed by atoms with Gasteiger partial charge in [-0.05, 0) is 85.4 Å². The first kappa shape index (κ1) is 23.4. The summed E-state index contributed by atoms with van der Waals surface area (Å²) in [6.45, 7) is 6.59. The third-order valence-electron chi connectivity index (χ3n) is 7.52. The van der Waals surface area contributed by atoms with Crippen molar-refractivity contribution < 1.29 is 0 Å². The van der Waals surface area contributed by atoms with Crippen LogP contribution in [0.4, 0.5) is 5.69 Å². The summed E-state index contributed by atoms with van der Waals surface area (Å²) in [4.78, 5) is 7.00. The van der Waals surface area contributed by atoms with Crippen LogP contribution < -0.4 is 10.2 Å². The highest BCUT2D eigenvalue weighted by atomic mass is 32.1. The fraction of sp³-hybridized carbons (Fsp3) is 0.188. The molecule has 0 bridgehead atoms. The summed E-state index contributed by atoms with van der Waals surface area (Å²) in [6, 6.07) is 32.2. The zero-order valence-electron chi connectivity index (χ0n) is 21.3. The number of nitrogens with zero attached hydrogens (tertiary/aromatic N) is 3. The molecule has 1 aliphatic rings. The molecule has 0 spiro atoms. The van der Waals surface area contributed by atoms with E-state index >= 15 is 0 Å². The molecule has 1 fully saturated rings. The van der Waals surface area contributed by atoms with E-state index in [4.69, 9.17) is 17.2 Å². The third kappa shape index (κ3) is 4.00. The standard InChI is InChI=1S/C32H30N4S/c1-4-23-15-17-25(18-16-23)36-31(30(34-32(36)37)28-13-7-8-19-33-28)27-20-21(2)35(22(27)3)29-14-9-11-24-10-5-6-12-26(24)29/h5-20,30-31H,4H2,1-3H3,(H,34,37)/t30-,31-/m1/s1. The van der Waals surface area contributed by atoms with Gasteiger partial charge in [0, 0.05) is 28.7 Å². The zero-order chi connectivity index (χ0) is 25.5. The fourth-order valence-corrected chi connectivity index (χ4v) is 6.05. The molecule has 0 radical (unpaired) electrons. The maximum Gasteiger partial charge on any atom is 0.174 e. The number of hydrogen-bond acceptors (Lipinski definition) is 2. The lowest BCUT2D eigenvalue weighted by Crippen LogP contribution is -2.29. The van der Waals surface area contributed by atoms with Crippen LogP contribution in [0.5, 0.6) is 0 Å². The first-order valence-corrected chi connectivity index (χ1v) is 13.2. The number of aromatic nitrogens is 2. The van der Waals surface area contributed by atoms with Gasteiger partial charge in [-0.25, -0.2) is 0 Å². The molecule has 0 saturated carbocycles. The lowest BCUT2D eigenvalue weighted by atomic mass is 9.96. The molecule has 184 valence electrons. The summed E-state index contributed by atoms with van der Waals surface area (Å²) in [6.07, 6.45) is 2.87. The number of rotatable bonds is 5. The Hall–Kier alpha value is -3.96. The summed E-state index contributed by atoms with van der Waals surface area (Å²) in [5, 5.41) is 6.81. The largest absolute Gasteiger partial charge is 0.351 e. The van der Waals surface area contributed by atoms with Gasteiger partial charge in [-0.15, -0.1) is 0 Å². The highest BCUT2D eigenvalue weighted by Gasteiger charge is 2.42. The van der Waals surface area contributed by atoms with E-state index in [1.165, 1.54) is 39.0 Å². The Morgan fingerprint density at radius 2 is 1.65 bits per heavy atom. The molecular formula is C32H30N4S. The van der Waals surface area contributed by atoms with Crippen molar-refractivity contribution in [3.05, 3.63) is 125 Å². The molecule has 2 atom stereocenters. The molecule has 0 amide bonds. The number of fused-ring (bicyclic) bond motifs is 1. The molecule has 1 aliphatic heterocycles. The van der Waals surface area contributed by atoms with Crippen molar-refractivity contribution in [2.75, 3.05) is 4.90 Å². The predicted octanol–water partition coefficient (Wildman–Crippen LogP) is 7.38. The van der Waals surface area contributed by atoms with Gasteiger partial charge in [0.1, 0.15) is 0 Å². The van der Waals surface area contributed by atoms with E-state index in [1.807, 2.05) is 18.3 Å². The second-order valence-electron chi connectivity index (χ2n) is 9.68. The number of nitrogens with one attached hydrogen (secondary N) is 1. The lowest BCUT2D eigenvalue weighted by Gasteiger charge is -2.28. The minimum atomic E-state index is -0.0685. The zero-order valence-corrected chi connectivity index (χ0v) is 22.2. The normalized spacial score (nSPS) is 17.4. The molecule has 37 heavy (non-hydrogen) atoms. The van der Waals surface area contributed by atoms with Crippen LogP contribution >= 0.6 is 12.2 Å². The van der Waals surface area contributed by atoms with Crippen molar-refractivity contribution >= 4 is 33.8 Å². The predicted molar refractivity (Wildman–Crippen MR) is 157 cm³/mol. The number of aryl methyl sites for hydroxylation is 2. The Kier molecular flexibility index (Phi) is 6.01. The van der Waals surface area contributed by atoms with Crippen molar-refractivity contribution in [1.82, 2.24) is 14.9 Å². The van der Waals surface area contributed by atoms with Crippen LogP contribution in [0.1, 0.15) is 47.2 Å². The van der Waals surface area contributed by atoms with Gasteiger partial charge < -0.3 is 14.8 Å². The minimum absolute atomic E-state index is 0.0372. The van der Waals surface area contributed by atoms with Crippen LogP contribution in [-0.4, -0.2) is 14.7 Å². The van der Waals surface area contributed by atoms with Gasteiger partial charge in [0.25, 0.3) is 0 Å². The Morgan fingerprint density at radius 1 is 0.892 bits per heavy atom. The summed E-state index contributed by atoms with van der Waals surface area (Å²) in [5.41, 5.74) is 8.23. The highest BCUT2D eigenvalue weighted by molar-refractivity contribution is 7.80. The molecule has 0 aliphatic carbocycles. The molecule has 1 saturated heterocycles. The maximum absolute atomic E-state index is 5.96. The number of anilines is 1. The van der Waals surface area contributed by atoms with Crippen LogP contribution in [0.25, 0.3) is 16.5 Å². The number of hydrogen-bond donors (Lipinski definition) is 1. The highest BCUT2D eigenvalue weighted by Crippen LogP contribution is 2.44. The summed E-state index contributed by atoms with van der Waals surface area (Å²) < 4.78 is 2.38. The average molecular weight is 503 g/mol. The van der Waals surface area contributed by atoms with Gasteiger partial charge >= 0.3 is 0 Å². The quantitative estimate of drug-likeness (QED) is 0.254. The van der Waals surface area contributed by atoms with Gasteiger partial charge in [-0.2, -0.15) is 0 Å². The van der Waals surface area contributed by atoms with Crippen molar-refractivity contribution in [2.24, 2.45) is 0 Å². The topological polar surface area (TPSA) is 33.1 Å². The minimum Gasteiger partial charge on any atom is -0.351 e. The Balaban J connectivity index is 1.53. The molecule has 3 heterocycles. The molecule has 5 aromatic rings. The summed E-state index contributed by atoms with van der Waals surface area (Å²) in [5.74, 6) is 0. The van der Waals surface area contributed by atoms with Crippen molar-refractivity contribution in [1.29, 1.82) is 0 Å². The van der Waals surface area contributed by atoms with Crippen molar-refractivity contribution in [2.45, 2.75) is 39.3 Å².